The van der Waals surface area contributed by atoms with Crippen LogP contribution in [0.25, 0.3) is 11.4 Å². The van der Waals surface area contributed by atoms with Crippen molar-refractivity contribution in [3.63, 3.8) is 0 Å². The number of rotatable bonds is 4. The Balaban J connectivity index is 1.56. The van der Waals surface area contributed by atoms with Gasteiger partial charge in [0.05, 0.1) is 16.4 Å². The fraction of sp³-hybridized carbons (Fsp3) is 0.364. The molecule has 6 nitrogen and oxygen atoms in total. The summed E-state index contributed by atoms with van der Waals surface area (Å²) in [4.78, 5) is 4.51. The molecule has 4 rings (SSSR count). The van der Waals surface area contributed by atoms with Crippen LogP contribution in [0.3, 0.4) is 0 Å². The van der Waals surface area contributed by atoms with Crippen LogP contribution in [0.2, 0.25) is 0 Å². The number of benzene rings is 2. The summed E-state index contributed by atoms with van der Waals surface area (Å²) in [5.41, 5.74) is 1.28. The third-order valence-electron chi connectivity index (χ3n) is 5.74. The molecule has 0 unspecified atom stereocenters. The number of nitrogens with zero attached hydrogens (tertiary/aromatic N) is 3. The van der Waals surface area contributed by atoms with Gasteiger partial charge in [0.25, 0.3) is 0 Å². The first-order chi connectivity index (χ1) is 15.1. The molecule has 1 aromatic heterocycles. The molecule has 1 aliphatic rings. The molecule has 32 heavy (non-hydrogen) atoms. The normalized spacial score (nSPS) is 18.1. The van der Waals surface area contributed by atoms with Crippen LogP contribution >= 0.6 is 0 Å². The Morgan fingerprint density at radius 1 is 1.09 bits per heavy atom. The van der Waals surface area contributed by atoms with E-state index in [1.165, 1.54) is 16.4 Å². The van der Waals surface area contributed by atoms with E-state index in [-0.39, 0.29) is 34.6 Å². The molecule has 3 aromatic rings. The zero-order valence-electron chi connectivity index (χ0n) is 17.6. The minimum Gasteiger partial charge on any atom is -0.339 e. The van der Waals surface area contributed by atoms with Gasteiger partial charge in [0.1, 0.15) is 0 Å². The molecule has 1 aliphatic heterocycles. The molecule has 10 heteroatoms. The number of aromatic nitrogens is 2. The maximum atomic E-state index is 13.1. The number of alkyl halides is 3. The Morgan fingerprint density at radius 3 is 2.59 bits per heavy atom. The van der Waals surface area contributed by atoms with E-state index < -0.39 is 21.8 Å². The first-order valence-electron chi connectivity index (χ1n) is 10.1. The average Bonchev–Trinajstić information content (AvgIpc) is 3.26. The van der Waals surface area contributed by atoms with Crippen LogP contribution < -0.4 is 0 Å². The van der Waals surface area contributed by atoms with Gasteiger partial charge in [-0.2, -0.15) is 22.5 Å². The molecule has 0 aliphatic carbocycles. The summed E-state index contributed by atoms with van der Waals surface area (Å²) in [7, 11) is -3.69. The van der Waals surface area contributed by atoms with Crippen LogP contribution in [0.1, 0.15) is 41.3 Å². The van der Waals surface area contributed by atoms with Crippen molar-refractivity contribution in [2.45, 2.75) is 43.7 Å². The van der Waals surface area contributed by atoms with Crippen molar-refractivity contribution in [2.75, 3.05) is 13.1 Å². The zero-order valence-corrected chi connectivity index (χ0v) is 18.4. The fourth-order valence-electron chi connectivity index (χ4n) is 3.74. The van der Waals surface area contributed by atoms with E-state index in [1.807, 2.05) is 13.8 Å². The lowest BCUT2D eigenvalue weighted by Gasteiger charge is -2.30. The third kappa shape index (κ3) is 4.42. The highest BCUT2D eigenvalue weighted by atomic mass is 32.2. The molecular weight excluding hydrogens is 443 g/mol. The molecule has 2 heterocycles. The largest absolute Gasteiger partial charge is 0.416 e. The summed E-state index contributed by atoms with van der Waals surface area (Å²) >= 11 is 0. The van der Waals surface area contributed by atoms with E-state index in [1.54, 1.807) is 18.2 Å². The van der Waals surface area contributed by atoms with E-state index in [2.05, 4.69) is 10.1 Å². The minimum atomic E-state index is -4.48. The van der Waals surface area contributed by atoms with E-state index >= 15 is 0 Å². The summed E-state index contributed by atoms with van der Waals surface area (Å²) in [6, 6.07) is 9.73. The van der Waals surface area contributed by atoms with Gasteiger partial charge in [0.2, 0.25) is 21.7 Å². The molecule has 170 valence electrons. The molecule has 0 amide bonds. The monoisotopic (exact) mass is 465 g/mol. The highest BCUT2D eigenvalue weighted by Crippen LogP contribution is 2.33. The third-order valence-corrected chi connectivity index (χ3v) is 7.60. The highest BCUT2D eigenvalue weighted by molar-refractivity contribution is 7.89. The van der Waals surface area contributed by atoms with E-state index in [9.17, 15) is 21.6 Å². The van der Waals surface area contributed by atoms with Gasteiger partial charge in [-0.05, 0) is 62.1 Å². The van der Waals surface area contributed by atoms with Gasteiger partial charge in [-0.1, -0.05) is 23.4 Å². The lowest BCUT2D eigenvalue weighted by molar-refractivity contribution is -0.137. The van der Waals surface area contributed by atoms with Crippen molar-refractivity contribution in [1.82, 2.24) is 14.4 Å². The standard InChI is InChI=1S/C22H22F3N3O3S/c1-14-8-9-19(11-15(14)2)32(29,30)28-10-4-6-17(13-28)21-26-20(27-31-21)16-5-3-7-18(12-16)22(23,24)25/h3,5,7-9,11-12,17H,4,6,10,13H2,1-2H3/t17-/m0/s1. The molecule has 2 aromatic carbocycles. The van der Waals surface area contributed by atoms with Crippen LogP contribution in [-0.2, 0) is 16.2 Å². The number of halogens is 3. The Labute approximate surface area is 184 Å². The van der Waals surface area contributed by atoms with E-state index in [0.717, 1.165) is 23.3 Å². The number of piperidine rings is 1. The van der Waals surface area contributed by atoms with Crippen LogP contribution in [0.15, 0.2) is 51.9 Å². The summed E-state index contributed by atoms with van der Waals surface area (Å²) in [6.07, 6.45) is -3.23. The Bertz CT molecular complexity index is 1240. The second-order valence-corrected chi connectivity index (χ2v) is 9.92. The lowest BCUT2D eigenvalue weighted by atomic mass is 10.00. The molecule has 0 saturated carbocycles. The Kier molecular flexibility index (Phi) is 5.85. The maximum Gasteiger partial charge on any atom is 0.416 e. The highest BCUT2D eigenvalue weighted by Gasteiger charge is 2.34. The second kappa shape index (κ2) is 8.32. The SMILES string of the molecule is Cc1ccc(S(=O)(=O)N2CCC[C@H](c3nc(-c4cccc(C(F)(F)F)c4)no3)C2)cc1C. The summed E-state index contributed by atoms with van der Waals surface area (Å²) < 4.78 is 72.0. The maximum absolute atomic E-state index is 13.1. The van der Waals surface area contributed by atoms with Gasteiger partial charge >= 0.3 is 6.18 Å². The van der Waals surface area contributed by atoms with Crippen molar-refractivity contribution in [3.8, 4) is 11.4 Å². The van der Waals surface area contributed by atoms with Gasteiger partial charge in [-0.3, -0.25) is 0 Å². The van der Waals surface area contributed by atoms with Crippen molar-refractivity contribution in [1.29, 1.82) is 0 Å². The van der Waals surface area contributed by atoms with Gasteiger partial charge in [0.15, 0.2) is 0 Å². The van der Waals surface area contributed by atoms with Crippen LogP contribution in [0.5, 0.6) is 0 Å². The first kappa shape index (κ1) is 22.5. The quantitative estimate of drug-likeness (QED) is 0.546. The van der Waals surface area contributed by atoms with Gasteiger partial charge in [-0.15, -0.1) is 0 Å². The van der Waals surface area contributed by atoms with E-state index in [4.69, 9.17) is 4.52 Å². The minimum absolute atomic E-state index is 0.0419. The molecule has 0 radical (unpaired) electrons. The first-order valence-corrected chi connectivity index (χ1v) is 11.6. The van der Waals surface area contributed by atoms with Crippen LogP contribution in [0, 0.1) is 13.8 Å². The van der Waals surface area contributed by atoms with Crippen molar-refractivity contribution in [3.05, 3.63) is 65.0 Å². The van der Waals surface area contributed by atoms with Gasteiger partial charge < -0.3 is 4.52 Å². The van der Waals surface area contributed by atoms with Crippen molar-refractivity contribution in [2.24, 2.45) is 0 Å². The predicted octanol–water partition coefficient (Wildman–Crippen LogP) is 4.94. The number of hydrogen-bond donors (Lipinski definition) is 0. The molecule has 0 spiro atoms. The molecule has 1 saturated heterocycles. The summed E-state index contributed by atoms with van der Waals surface area (Å²) in [5.74, 6) is -0.0743. The smallest absolute Gasteiger partial charge is 0.339 e. The number of hydrogen-bond acceptors (Lipinski definition) is 5. The summed E-state index contributed by atoms with van der Waals surface area (Å²) in [5, 5.41) is 3.83. The molecule has 1 atom stereocenters. The fourth-order valence-corrected chi connectivity index (χ4v) is 5.35. The lowest BCUT2D eigenvalue weighted by Crippen LogP contribution is -2.39. The Morgan fingerprint density at radius 2 is 1.88 bits per heavy atom. The van der Waals surface area contributed by atoms with E-state index in [0.29, 0.717) is 19.4 Å². The molecule has 1 fully saturated rings. The number of aryl methyl sites for hydroxylation is 2. The Hall–Kier alpha value is -2.72. The zero-order chi connectivity index (χ0) is 23.1. The van der Waals surface area contributed by atoms with Crippen LogP contribution in [-0.4, -0.2) is 36.0 Å². The molecule has 0 N–H and O–H groups in total. The molecular formula is C22H22F3N3O3S. The predicted molar refractivity (Wildman–Crippen MR) is 111 cm³/mol. The molecule has 0 bridgehead atoms. The van der Waals surface area contributed by atoms with Crippen molar-refractivity contribution >= 4 is 10.0 Å². The van der Waals surface area contributed by atoms with Gasteiger partial charge in [0, 0.05) is 18.7 Å². The number of sulfonamides is 1. The van der Waals surface area contributed by atoms with Crippen LogP contribution in [0.4, 0.5) is 13.2 Å². The van der Waals surface area contributed by atoms with Gasteiger partial charge in [-0.25, -0.2) is 8.42 Å². The summed E-state index contributed by atoms with van der Waals surface area (Å²) in [6.45, 7) is 4.32. The second-order valence-electron chi connectivity index (χ2n) is 7.98. The topological polar surface area (TPSA) is 76.3 Å². The van der Waals surface area contributed by atoms with Crippen molar-refractivity contribution < 1.29 is 26.1 Å². The average molecular weight is 465 g/mol.